The predicted molar refractivity (Wildman–Crippen MR) is 104 cm³/mol. The van der Waals surface area contributed by atoms with Crippen LogP contribution in [-0.2, 0) is 4.79 Å². The molecule has 6 heteroatoms. The van der Waals surface area contributed by atoms with Crippen LogP contribution in [0.3, 0.4) is 0 Å². The Morgan fingerprint density at radius 3 is 2.46 bits per heavy atom. The van der Waals surface area contributed by atoms with Crippen molar-refractivity contribution in [2.45, 2.75) is 39.8 Å². The van der Waals surface area contributed by atoms with Gasteiger partial charge in [-0.25, -0.2) is 9.97 Å². The summed E-state index contributed by atoms with van der Waals surface area (Å²) in [5.74, 6) is 1.50. The molecular weight excluding hydrogens is 326 g/mol. The number of hydrogen-bond donors (Lipinski definition) is 2. The van der Waals surface area contributed by atoms with Crippen LogP contribution in [0.15, 0.2) is 30.3 Å². The third-order valence-corrected chi connectivity index (χ3v) is 4.74. The molecule has 0 bridgehead atoms. The molecule has 1 aliphatic heterocycles. The number of carbonyl (C=O) groups is 1. The molecule has 1 saturated heterocycles. The van der Waals surface area contributed by atoms with E-state index < -0.39 is 0 Å². The second kappa shape index (κ2) is 7.83. The Labute approximate surface area is 155 Å². The summed E-state index contributed by atoms with van der Waals surface area (Å²) >= 11 is 0. The van der Waals surface area contributed by atoms with E-state index in [4.69, 9.17) is 0 Å². The van der Waals surface area contributed by atoms with Gasteiger partial charge in [-0.2, -0.15) is 0 Å². The summed E-state index contributed by atoms with van der Waals surface area (Å²) in [5, 5.41) is 6.67. The monoisotopic (exact) mass is 353 g/mol. The number of aryl methyl sites for hydroxylation is 1. The molecule has 2 unspecified atom stereocenters. The van der Waals surface area contributed by atoms with E-state index in [0.717, 1.165) is 35.7 Å². The first-order valence-electron chi connectivity index (χ1n) is 9.12. The van der Waals surface area contributed by atoms with E-state index >= 15 is 0 Å². The molecule has 0 spiro atoms. The third-order valence-electron chi connectivity index (χ3n) is 4.74. The van der Waals surface area contributed by atoms with E-state index in [1.165, 1.54) is 0 Å². The van der Waals surface area contributed by atoms with Crippen molar-refractivity contribution in [2.24, 2.45) is 0 Å². The van der Waals surface area contributed by atoms with Crippen molar-refractivity contribution in [1.29, 1.82) is 0 Å². The molecule has 2 N–H and O–H groups in total. The third kappa shape index (κ3) is 4.19. The van der Waals surface area contributed by atoms with E-state index in [1.54, 1.807) is 0 Å². The lowest BCUT2D eigenvalue weighted by atomic mass is 10.1. The zero-order valence-corrected chi connectivity index (χ0v) is 15.9. The number of piperazine rings is 1. The van der Waals surface area contributed by atoms with Gasteiger partial charge in [0.2, 0.25) is 5.91 Å². The van der Waals surface area contributed by atoms with Gasteiger partial charge in [0, 0.05) is 42.0 Å². The lowest BCUT2D eigenvalue weighted by Crippen LogP contribution is -2.56. The van der Waals surface area contributed by atoms with Crippen LogP contribution in [0.2, 0.25) is 0 Å². The largest absolute Gasteiger partial charge is 0.361 e. The number of nitrogens with one attached hydrogen (secondary N) is 2. The predicted octanol–water partition coefficient (Wildman–Crippen LogP) is 2.38. The highest BCUT2D eigenvalue weighted by Gasteiger charge is 2.24. The van der Waals surface area contributed by atoms with Crippen molar-refractivity contribution < 1.29 is 4.79 Å². The quantitative estimate of drug-likeness (QED) is 0.883. The Kier molecular flexibility index (Phi) is 5.52. The number of rotatable bonds is 4. The van der Waals surface area contributed by atoms with Gasteiger partial charge in [-0.1, -0.05) is 30.3 Å². The smallest absolute Gasteiger partial charge is 0.242 e. The van der Waals surface area contributed by atoms with E-state index in [9.17, 15) is 4.79 Å². The van der Waals surface area contributed by atoms with Crippen molar-refractivity contribution in [1.82, 2.24) is 20.2 Å². The molecule has 1 amide bonds. The Hall–Kier alpha value is -2.47. The van der Waals surface area contributed by atoms with Crippen LogP contribution in [0.25, 0.3) is 11.4 Å². The SMILES string of the molecule is Cc1nc(-c2ccccc2)nc(NCC(=O)N2CC(C)NC(C)C2)c1C. The molecule has 138 valence electrons. The number of hydrogen-bond acceptors (Lipinski definition) is 5. The molecule has 1 fully saturated rings. The Morgan fingerprint density at radius 2 is 1.81 bits per heavy atom. The van der Waals surface area contributed by atoms with E-state index in [-0.39, 0.29) is 12.5 Å². The number of carbonyl (C=O) groups excluding carboxylic acids is 1. The van der Waals surface area contributed by atoms with Gasteiger partial charge in [0.15, 0.2) is 5.82 Å². The minimum atomic E-state index is 0.0992. The fourth-order valence-electron chi connectivity index (χ4n) is 3.32. The first-order chi connectivity index (χ1) is 12.4. The molecule has 1 aromatic carbocycles. The van der Waals surface area contributed by atoms with E-state index in [0.29, 0.717) is 17.9 Å². The topological polar surface area (TPSA) is 70.2 Å². The number of benzene rings is 1. The summed E-state index contributed by atoms with van der Waals surface area (Å²) < 4.78 is 0. The standard InChI is InChI=1S/C20H27N5O/c1-13-11-25(12-14(2)22-13)18(26)10-21-19-15(3)16(4)23-20(24-19)17-8-6-5-7-9-17/h5-9,13-14,22H,10-12H2,1-4H3,(H,21,23,24). The average Bonchev–Trinajstić information content (AvgIpc) is 2.62. The van der Waals surface area contributed by atoms with Crippen LogP contribution < -0.4 is 10.6 Å². The van der Waals surface area contributed by atoms with Gasteiger partial charge in [-0.3, -0.25) is 4.79 Å². The maximum absolute atomic E-state index is 12.6. The number of aromatic nitrogens is 2. The van der Waals surface area contributed by atoms with Crippen molar-refractivity contribution >= 4 is 11.7 Å². The number of amides is 1. The summed E-state index contributed by atoms with van der Waals surface area (Å²) in [6, 6.07) is 10.5. The normalized spacial score (nSPS) is 20.1. The first kappa shape index (κ1) is 18.3. The van der Waals surface area contributed by atoms with Gasteiger partial charge in [-0.05, 0) is 27.7 Å². The van der Waals surface area contributed by atoms with Gasteiger partial charge in [0.05, 0.1) is 6.54 Å². The van der Waals surface area contributed by atoms with Gasteiger partial charge in [-0.15, -0.1) is 0 Å². The van der Waals surface area contributed by atoms with Crippen LogP contribution in [-0.4, -0.2) is 52.5 Å². The minimum absolute atomic E-state index is 0.0992. The zero-order valence-electron chi connectivity index (χ0n) is 15.9. The molecule has 1 aromatic heterocycles. The van der Waals surface area contributed by atoms with Crippen LogP contribution in [0.4, 0.5) is 5.82 Å². The Bertz CT molecular complexity index is 767. The van der Waals surface area contributed by atoms with Crippen LogP contribution in [0.1, 0.15) is 25.1 Å². The highest BCUT2D eigenvalue weighted by atomic mass is 16.2. The average molecular weight is 353 g/mol. The molecule has 2 heterocycles. The van der Waals surface area contributed by atoms with Gasteiger partial charge in [0.1, 0.15) is 5.82 Å². The van der Waals surface area contributed by atoms with Crippen molar-refractivity contribution in [3.63, 3.8) is 0 Å². The molecule has 6 nitrogen and oxygen atoms in total. The van der Waals surface area contributed by atoms with Gasteiger partial charge in [0.25, 0.3) is 0 Å². The fraction of sp³-hybridized carbons (Fsp3) is 0.450. The second-order valence-electron chi connectivity index (χ2n) is 7.09. The molecule has 2 aromatic rings. The van der Waals surface area contributed by atoms with Crippen LogP contribution in [0.5, 0.6) is 0 Å². The summed E-state index contributed by atoms with van der Waals surface area (Å²) in [6.45, 7) is 9.87. The summed E-state index contributed by atoms with van der Waals surface area (Å²) in [5.41, 5.74) is 2.85. The van der Waals surface area contributed by atoms with E-state index in [1.807, 2.05) is 49.1 Å². The lowest BCUT2D eigenvalue weighted by Gasteiger charge is -2.36. The molecule has 0 aliphatic carbocycles. The summed E-state index contributed by atoms with van der Waals surface area (Å²) in [6.07, 6.45) is 0. The molecule has 3 rings (SSSR count). The van der Waals surface area contributed by atoms with Gasteiger partial charge < -0.3 is 15.5 Å². The fourth-order valence-corrected chi connectivity index (χ4v) is 3.32. The minimum Gasteiger partial charge on any atom is -0.361 e. The molecule has 2 atom stereocenters. The summed E-state index contributed by atoms with van der Waals surface area (Å²) in [4.78, 5) is 23.8. The molecule has 26 heavy (non-hydrogen) atoms. The lowest BCUT2D eigenvalue weighted by molar-refractivity contribution is -0.131. The maximum Gasteiger partial charge on any atom is 0.242 e. The van der Waals surface area contributed by atoms with Crippen LogP contribution >= 0.6 is 0 Å². The molecule has 1 aliphatic rings. The van der Waals surface area contributed by atoms with Crippen molar-refractivity contribution in [3.8, 4) is 11.4 Å². The summed E-state index contributed by atoms with van der Waals surface area (Å²) in [7, 11) is 0. The van der Waals surface area contributed by atoms with E-state index in [2.05, 4.69) is 34.4 Å². The van der Waals surface area contributed by atoms with Crippen molar-refractivity contribution in [2.75, 3.05) is 25.0 Å². The first-order valence-corrected chi connectivity index (χ1v) is 9.12. The van der Waals surface area contributed by atoms with Crippen LogP contribution in [0, 0.1) is 13.8 Å². The number of anilines is 1. The maximum atomic E-state index is 12.6. The van der Waals surface area contributed by atoms with Gasteiger partial charge >= 0.3 is 0 Å². The molecule has 0 saturated carbocycles. The molecular formula is C20H27N5O. The zero-order chi connectivity index (χ0) is 18.7. The molecule has 0 radical (unpaired) electrons. The Morgan fingerprint density at radius 1 is 1.15 bits per heavy atom. The highest BCUT2D eigenvalue weighted by Crippen LogP contribution is 2.21. The van der Waals surface area contributed by atoms with Crippen molar-refractivity contribution in [3.05, 3.63) is 41.6 Å². The second-order valence-corrected chi connectivity index (χ2v) is 7.09. The highest BCUT2D eigenvalue weighted by molar-refractivity contribution is 5.81. The Balaban J connectivity index is 1.73. The number of nitrogens with zero attached hydrogens (tertiary/aromatic N) is 3.